The number of nitrogens with zero attached hydrogens (tertiary/aromatic N) is 2. The van der Waals surface area contributed by atoms with Crippen molar-refractivity contribution in [3.63, 3.8) is 0 Å². The molecule has 2 aromatic rings. The molecule has 26 heavy (non-hydrogen) atoms. The highest BCUT2D eigenvalue weighted by atomic mass is 16.6. The second kappa shape index (κ2) is 7.86. The SMILES string of the molecule is C[C@@H](Nc1ccc(N2CCCC2)cc1)C(=O)Nc1ccccc1[N+](=O)[O-]. The van der Waals surface area contributed by atoms with E-state index < -0.39 is 11.0 Å². The van der Waals surface area contributed by atoms with Crippen LogP contribution in [0, 0.1) is 10.1 Å². The third-order valence-electron chi connectivity index (χ3n) is 4.47. The zero-order chi connectivity index (χ0) is 18.5. The molecule has 1 fully saturated rings. The van der Waals surface area contributed by atoms with E-state index in [2.05, 4.69) is 15.5 Å². The van der Waals surface area contributed by atoms with E-state index in [0.717, 1.165) is 18.8 Å². The zero-order valence-corrected chi connectivity index (χ0v) is 14.6. The summed E-state index contributed by atoms with van der Waals surface area (Å²) in [6.07, 6.45) is 2.45. The summed E-state index contributed by atoms with van der Waals surface area (Å²) in [5.41, 5.74) is 2.09. The van der Waals surface area contributed by atoms with Gasteiger partial charge in [0.25, 0.3) is 5.69 Å². The smallest absolute Gasteiger partial charge is 0.292 e. The Labute approximate surface area is 152 Å². The highest BCUT2D eigenvalue weighted by Gasteiger charge is 2.19. The molecule has 0 saturated carbocycles. The van der Waals surface area contributed by atoms with Gasteiger partial charge in [0.05, 0.1) is 4.92 Å². The molecule has 2 aromatic carbocycles. The summed E-state index contributed by atoms with van der Waals surface area (Å²) in [5, 5.41) is 16.8. The van der Waals surface area contributed by atoms with Gasteiger partial charge in [-0.15, -0.1) is 0 Å². The molecule has 136 valence electrons. The molecule has 1 aliphatic heterocycles. The van der Waals surface area contributed by atoms with E-state index >= 15 is 0 Å². The number of anilines is 3. The lowest BCUT2D eigenvalue weighted by Crippen LogP contribution is -2.32. The van der Waals surface area contributed by atoms with Crippen molar-refractivity contribution in [2.75, 3.05) is 28.6 Å². The van der Waals surface area contributed by atoms with Gasteiger partial charge >= 0.3 is 0 Å². The van der Waals surface area contributed by atoms with Gasteiger partial charge in [0.1, 0.15) is 11.7 Å². The first kappa shape index (κ1) is 17.7. The minimum atomic E-state index is -0.535. The van der Waals surface area contributed by atoms with Gasteiger partial charge in [-0.1, -0.05) is 12.1 Å². The van der Waals surface area contributed by atoms with Gasteiger partial charge in [-0.25, -0.2) is 0 Å². The fraction of sp³-hybridized carbons (Fsp3) is 0.316. The van der Waals surface area contributed by atoms with Crippen molar-refractivity contribution in [3.05, 3.63) is 58.6 Å². The molecular formula is C19H22N4O3. The predicted octanol–water partition coefficient (Wildman–Crippen LogP) is 3.63. The molecule has 0 spiro atoms. The summed E-state index contributed by atoms with van der Waals surface area (Å²) < 4.78 is 0. The van der Waals surface area contributed by atoms with E-state index in [4.69, 9.17) is 0 Å². The summed E-state index contributed by atoms with van der Waals surface area (Å²) in [7, 11) is 0. The minimum Gasteiger partial charge on any atom is -0.374 e. The molecule has 3 rings (SSSR count). The van der Waals surface area contributed by atoms with Crippen molar-refractivity contribution in [3.8, 4) is 0 Å². The van der Waals surface area contributed by atoms with Crippen molar-refractivity contribution < 1.29 is 9.72 Å². The van der Waals surface area contributed by atoms with Crippen LogP contribution in [0.5, 0.6) is 0 Å². The number of nitro benzene ring substituents is 1. The molecule has 1 atom stereocenters. The van der Waals surface area contributed by atoms with Crippen molar-refractivity contribution in [2.45, 2.75) is 25.8 Å². The Morgan fingerprint density at radius 2 is 1.77 bits per heavy atom. The number of carbonyl (C=O) groups excluding carboxylic acids is 1. The van der Waals surface area contributed by atoms with Crippen LogP contribution < -0.4 is 15.5 Å². The molecule has 7 nitrogen and oxygen atoms in total. The lowest BCUT2D eigenvalue weighted by molar-refractivity contribution is -0.383. The monoisotopic (exact) mass is 354 g/mol. The standard InChI is InChI=1S/C19H22N4O3/c1-14(19(24)21-17-6-2-3-7-18(17)23(25)26)20-15-8-10-16(11-9-15)22-12-4-5-13-22/h2-3,6-11,14,20H,4-5,12-13H2,1H3,(H,21,24)/t14-/m1/s1. The summed E-state index contributed by atoms with van der Waals surface area (Å²) in [6, 6.07) is 13.5. The second-order valence-electron chi connectivity index (χ2n) is 6.37. The Morgan fingerprint density at radius 3 is 2.42 bits per heavy atom. The topological polar surface area (TPSA) is 87.5 Å². The van der Waals surface area contributed by atoms with E-state index in [1.165, 1.54) is 30.7 Å². The minimum absolute atomic E-state index is 0.122. The van der Waals surface area contributed by atoms with Crippen LogP contribution >= 0.6 is 0 Å². The first-order valence-corrected chi connectivity index (χ1v) is 8.70. The molecule has 7 heteroatoms. The number of hydrogen-bond donors (Lipinski definition) is 2. The van der Waals surface area contributed by atoms with E-state index in [-0.39, 0.29) is 17.3 Å². The number of nitrogens with one attached hydrogen (secondary N) is 2. The number of carbonyl (C=O) groups is 1. The lowest BCUT2D eigenvalue weighted by atomic mass is 10.2. The Hall–Kier alpha value is -3.09. The molecule has 0 radical (unpaired) electrons. The maximum absolute atomic E-state index is 12.4. The van der Waals surface area contributed by atoms with Crippen LogP contribution in [-0.2, 0) is 4.79 Å². The molecule has 0 bridgehead atoms. The second-order valence-corrected chi connectivity index (χ2v) is 6.37. The van der Waals surface area contributed by atoms with Crippen LogP contribution in [0.15, 0.2) is 48.5 Å². The maximum atomic E-state index is 12.4. The largest absolute Gasteiger partial charge is 0.374 e. The van der Waals surface area contributed by atoms with Crippen LogP contribution in [0.4, 0.5) is 22.7 Å². The summed E-state index contributed by atoms with van der Waals surface area (Å²) in [5.74, 6) is -0.331. The van der Waals surface area contributed by atoms with Crippen LogP contribution in [-0.4, -0.2) is 30.0 Å². The van der Waals surface area contributed by atoms with E-state index in [0.29, 0.717) is 0 Å². The Bertz CT molecular complexity index is 786. The number of amides is 1. The zero-order valence-electron chi connectivity index (χ0n) is 14.6. The molecule has 2 N–H and O–H groups in total. The highest BCUT2D eigenvalue weighted by Crippen LogP contribution is 2.24. The molecule has 0 unspecified atom stereocenters. The fourth-order valence-corrected chi connectivity index (χ4v) is 3.04. The van der Waals surface area contributed by atoms with Gasteiger partial charge in [-0.05, 0) is 50.1 Å². The number of benzene rings is 2. The normalized spacial score (nSPS) is 14.7. The first-order valence-electron chi connectivity index (χ1n) is 8.70. The van der Waals surface area contributed by atoms with Gasteiger partial charge in [-0.3, -0.25) is 14.9 Å². The van der Waals surface area contributed by atoms with Gasteiger partial charge in [-0.2, -0.15) is 0 Å². The quantitative estimate of drug-likeness (QED) is 0.611. The molecule has 1 saturated heterocycles. The maximum Gasteiger partial charge on any atom is 0.292 e. The highest BCUT2D eigenvalue weighted by molar-refractivity contribution is 5.98. The molecule has 0 aliphatic carbocycles. The summed E-state index contributed by atoms with van der Waals surface area (Å²) >= 11 is 0. The fourth-order valence-electron chi connectivity index (χ4n) is 3.04. The van der Waals surface area contributed by atoms with Crippen molar-refractivity contribution >= 4 is 28.7 Å². The molecule has 0 aromatic heterocycles. The van der Waals surface area contributed by atoms with Gasteiger partial charge in [0.2, 0.25) is 5.91 Å². The third-order valence-corrected chi connectivity index (χ3v) is 4.47. The average molecular weight is 354 g/mol. The van der Waals surface area contributed by atoms with Crippen LogP contribution in [0.25, 0.3) is 0 Å². The predicted molar refractivity (Wildman–Crippen MR) is 103 cm³/mol. The van der Waals surface area contributed by atoms with E-state index in [1.54, 1.807) is 19.1 Å². The van der Waals surface area contributed by atoms with Gasteiger partial charge in [0.15, 0.2) is 0 Å². The number of hydrogen-bond acceptors (Lipinski definition) is 5. The van der Waals surface area contributed by atoms with Crippen LogP contribution in [0.2, 0.25) is 0 Å². The van der Waals surface area contributed by atoms with Crippen LogP contribution in [0.1, 0.15) is 19.8 Å². The number of rotatable bonds is 6. The van der Waals surface area contributed by atoms with Crippen molar-refractivity contribution in [1.82, 2.24) is 0 Å². The Balaban J connectivity index is 1.61. The molecular weight excluding hydrogens is 332 g/mol. The van der Waals surface area contributed by atoms with Gasteiger partial charge < -0.3 is 15.5 Å². The first-order chi connectivity index (χ1) is 12.5. The molecule has 1 amide bonds. The average Bonchev–Trinajstić information content (AvgIpc) is 3.17. The van der Waals surface area contributed by atoms with Crippen molar-refractivity contribution in [2.24, 2.45) is 0 Å². The van der Waals surface area contributed by atoms with E-state index in [9.17, 15) is 14.9 Å². The molecule has 1 heterocycles. The van der Waals surface area contributed by atoms with E-state index in [1.807, 2.05) is 24.3 Å². The lowest BCUT2D eigenvalue weighted by Gasteiger charge is -2.19. The Morgan fingerprint density at radius 1 is 1.12 bits per heavy atom. The number of nitro groups is 1. The summed E-state index contributed by atoms with van der Waals surface area (Å²) in [4.78, 5) is 25.2. The Kier molecular flexibility index (Phi) is 5.36. The third kappa shape index (κ3) is 4.11. The van der Waals surface area contributed by atoms with Crippen molar-refractivity contribution in [1.29, 1.82) is 0 Å². The molecule has 1 aliphatic rings. The number of para-hydroxylation sites is 2. The summed E-state index contributed by atoms with van der Waals surface area (Å²) in [6.45, 7) is 3.89. The van der Waals surface area contributed by atoms with Gasteiger partial charge in [0, 0.05) is 30.5 Å². The van der Waals surface area contributed by atoms with Crippen LogP contribution in [0.3, 0.4) is 0 Å².